The smallest absolute Gasteiger partial charge is 0.338 e. The fourth-order valence-corrected chi connectivity index (χ4v) is 4.49. The summed E-state index contributed by atoms with van der Waals surface area (Å²) >= 11 is 0. The van der Waals surface area contributed by atoms with E-state index < -0.39 is 47.6 Å². The molecule has 0 aliphatic carbocycles. The minimum Gasteiger partial charge on any atom is -0.457 e. The van der Waals surface area contributed by atoms with Gasteiger partial charge in [0.05, 0.1) is 0 Å². The van der Waals surface area contributed by atoms with Crippen molar-refractivity contribution < 1.29 is 39.5 Å². The largest absolute Gasteiger partial charge is 0.457 e. The van der Waals surface area contributed by atoms with Crippen molar-refractivity contribution >= 4 is 11.9 Å². The molecule has 6 N–H and O–H groups in total. The number of rotatable bonds is 9. The molecule has 4 unspecified atom stereocenters. The summed E-state index contributed by atoms with van der Waals surface area (Å²) < 4.78 is 10.8. The fraction of sp³-hybridized carbons (Fsp3) is 0.909. The molecule has 2 aliphatic rings. The van der Waals surface area contributed by atoms with E-state index in [1.54, 1.807) is 27.7 Å². The lowest BCUT2D eigenvalue weighted by molar-refractivity contribution is -0.195. The first-order valence-electron chi connectivity index (χ1n) is 11.5. The second kappa shape index (κ2) is 11.2. The molecule has 10 nitrogen and oxygen atoms in total. The van der Waals surface area contributed by atoms with Gasteiger partial charge < -0.3 is 40.5 Å². The van der Waals surface area contributed by atoms with Gasteiger partial charge in [-0.3, -0.25) is 0 Å². The lowest BCUT2D eigenvalue weighted by atomic mass is 9.83. The van der Waals surface area contributed by atoms with Crippen LogP contribution in [0.4, 0.5) is 0 Å². The SMILES string of the molecule is CC(C)(OC(=O)C(O)C(O)C(O)C(O)C(=O)OC(C)(C)C1CCNCC1)C1CCNCC1. The zero-order chi connectivity index (χ0) is 24.1. The molecular formula is C22H40N2O8. The van der Waals surface area contributed by atoms with Gasteiger partial charge in [-0.2, -0.15) is 0 Å². The van der Waals surface area contributed by atoms with Gasteiger partial charge in [0.2, 0.25) is 0 Å². The standard InChI is InChI=1S/C22H40N2O8/c1-21(2,13-5-9-23-10-6-13)31-19(29)17(27)15(25)16(26)18(28)20(30)32-22(3,4)14-7-11-24-12-8-14/h13-18,23-28H,5-12H2,1-4H3. The van der Waals surface area contributed by atoms with Crippen LogP contribution < -0.4 is 10.6 Å². The van der Waals surface area contributed by atoms with E-state index >= 15 is 0 Å². The Balaban J connectivity index is 1.92. The van der Waals surface area contributed by atoms with Crippen LogP contribution in [-0.2, 0) is 19.1 Å². The summed E-state index contributed by atoms with van der Waals surface area (Å²) in [5.41, 5.74) is -1.78. The number of aliphatic hydroxyl groups excluding tert-OH is 4. The maximum atomic E-state index is 12.4. The molecule has 0 saturated carbocycles. The molecule has 0 bridgehead atoms. The Kier molecular flexibility index (Phi) is 9.45. The molecule has 0 aromatic carbocycles. The molecule has 2 heterocycles. The Hall–Kier alpha value is -1.30. The summed E-state index contributed by atoms with van der Waals surface area (Å²) in [5, 5.41) is 47.4. The monoisotopic (exact) mass is 460 g/mol. The fourth-order valence-electron chi connectivity index (χ4n) is 4.49. The molecule has 0 spiro atoms. The lowest BCUT2D eigenvalue weighted by Crippen LogP contribution is -2.54. The zero-order valence-corrected chi connectivity index (χ0v) is 19.5. The van der Waals surface area contributed by atoms with E-state index in [9.17, 15) is 30.0 Å². The molecule has 0 aromatic rings. The van der Waals surface area contributed by atoms with Gasteiger partial charge in [-0.1, -0.05) is 0 Å². The number of carbonyl (C=O) groups is 2. The summed E-state index contributed by atoms with van der Waals surface area (Å²) in [7, 11) is 0. The van der Waals surface area contributed by atoms with Gasteiger partial charge in [-0.05, 0) is 79.6 Å². The number of esters is 2. The molecule has 186 valence electrons. The maximum Gasteiger partial charge on any atom is 0.338 e. The molecule has 2 fully saturated rings. The van der Waals surface area contributed by atoms with Crippen LogP contribution in [0.2, 0.25) is 0 Å². The Morgan fingerprint density at radius 2 is 0.969 bits per heavy atom. The highest BCUT2D eigenvalue weighted by Crippen LogP contribution is 2.31. The van der Waals surface area contributed by atoms with Crippen LogP contribution in [0.1, 0.15) is 53.4 Å². The average Bonchev–Trinajstić information content (AvgIpc) is 2.77. The van der Waals surface area contributed by atoms with E-state index in [-0.39, 0.29) is 11.8 Å². The van der Waals surface area contributed by atoms with Crippen molar-refractivity contribution in [2.75, 3.05) is 26.2 Å². The second-order valence-electron chi connectivity index (χ2n) is 9.97. The van der Waals surface area contributed by atoms with Gasteiger partial charge >= 0.3 is 11.9 Å². The van der Waals surface area contributed by atoms with Crippen molar-refractivity contribution in [3.05, 3.63) is 0 Å². The van der Waals surface area contributed by atoms with Crippen molar-refractivity contribution in [1.82, 2.24) is 10.6 Å². The maximum absolute atomic E-state index is 12.4. The van der Waals surface area contributed by atoms with E-state index in [0.717, 1.165) is 51.9 Å². The highest BCUT2D eigenvalue weighted by atomic mass is 16.6. The second-order valence-corrected chi connectivity index (χ2v) is 9.97. The average molecular weight is 461 g/mol. The summed E-state index contributed by atoms with van der Waals surface area (Å²) in [4.78, 5) is 24.8. The molecule has 2 aliphatic heterocycles. The Morgan fingerprint density at radius 3 is 1.25 bits per heavy atom. The van der Waals surface area contributed by atoms with Crippen molar-refractivity contribution in [3.63, 3.8) is 0 Å². The minimum absolute atomic E-state index is 0.0692. The van der Waals surface area contributed by atoms with Crippen molar-refractivity contribution in [3.8, 4) is 0 Å². The van der Waals surface area contributed by atoms with Crippen LogP contribution in [0.5, 0.6) is 0 Å². The Labute approximate surface area is 189 Å². The van der Waals surface area contributed by atoms with Crippen LogP contribution in [0.25, 0.3) is 0 Å². The third-order valence-corrected chi connectivity index (χ3v) is 6.85. The molecule has 0 radical (unpaired) electrons. The molecule has 2 rings (SSSR count). The van der Waals surface area contributed by atoms with Crippen molar-refractivity contribution in [2.24, 2.45) is 11.8 Å². The number of aliphatic hydroxyl groups is 4. The molecule has 2 saturated heterocycles. The van der Waals surface area contributed by atoms with E-state index in [1.165, 1.54) is 0 Å². The van der Waals surface area contributed by atoms with Gasteiger partial charge in [0, 0.05) is 11.8 Å². The van der Waals surface area contributed by atoms with Crippen molar-refractivity contribution in [2.45, 2.75) is 89.0 Å². The quantitative estimate of drug-likeness (QED) is 0.238. The molecule has 32 heavy (non-hydrogen) atoms. The number of ether oxygens (including phenoxy) is 2. The zero-order valence-electron chi connectivity index (χ0n) is 19.5. The number of hydrogen-bond acceptors (Lipinski definition) is 10. The predicted octanol–water partition coefficient (Wildman–Crippen LogP) is -0.927. The first-order chi connectivity index (χ1) is 14.9. The van der Waals surface area contributed by atoms with Crippen molar-refractivity contribution in [1.29, 1.82) is 0 Å². The van der Waals surface area contributed by atoms with Crippen LogP contribution in [-0.4, -0.2) is 94.2 Å². The van der Waals surface area contributed by atoms with E-state index in [4.69, 9.17) is 9.47 Å². The number of carbonyl (C=O) groups excluding carboxylic acids is 2. The number of nitrogens with one attached hydrogen (secondary N) is 2. The summed E-state index contributed by atoms with van der Waals surface area (Å²) in [6, 6.07) is 0. The lowest BCUT2D eigenvalue weighted by Gasteiger charge is -2.38. The third-order valence-electron chi connectivity index (χ3n) is 6.85. The van der Waals surface area contributed by atoms with Gasteiger partial charge in [-0.15, -0.1) is 0 Å². The highest BCUT2D eigenvalue weighted by molar-refractivity contribution is 5.78. The van der Waals surface area contributed by atoms with Gasteiger partial charge in [0.1, 0.15) is 23.4 Å². The van der Waals surface area contributed by atoms with Gasteiger partial charge in [0.25, 0.3) is 0 Å². The molecular weight excluding hydrogens is 420 g/mol. The Morgan fingerprint density at radius 1 is 0.688 bits per heavy atom. The van der Waals surface area contributed by atoms with E-state index in [2.05, 4.69) is 10.6 Å². The summed E-state index contributed by atoms with van der Waals surface area (Å²) in [5.74, 6) is -2.12. The number of hydrogen-bond donors (Lipinski definition) is 6. The first-order valence-corrected chi connectivity index (χ1v) is 11.5. The normalized spacial score (nSPS) is 23.1. The van der Waals surface area contributed by atoms with Gasteiger partial charge in [-0.25, -0.2) is 9.59 Å². The topological polar surface area (TPSA) is 158 Å². The van der Waals surface area contributed by atoms with E-state index in [0.29, 0.717) is 0 Å². The van der Waals surface area contributed by atoms with Crippen LogP contribution in [0, 0.1) is 11.8 Å². The van der Waals surface area contributed by atoms with Gasteiger partial charge in [0.15, 0.2) is 12.2 Å². The van der Waals surface area contributed by atoms with Crippen LogP contribution in [0.15, 0.2) is 0 Å². The molecule has 0 aromatic heterocycles. The molecule has 0 amide bonds. The summed E-state index contributed by atoms with van der Waals surface area (Å²) in [6.07, 6.45) is -5.36. The molecule has 10 heteroatoms. The first kappa shape index (κ1) is 26.9. The third kappa shape index (κ3) is 6.85. The molecule has 4 atom stereocenters. The highest BCUT2D eigenvalue weighted by Gasteiger charge is 2.44. The minimum atomic E-state index is -2.13. The van der Waals surface area contributed by atoms with Crippen LogP contribution in [0.3, 0.4) is 0 Å². The Bertz CT molecular complexity index is 575. The van der Waals surface area contributed by atoms with Crippen LogP contribution >= 0.6 is 0 Å². The number of piperidine rings is 2. The predicted molar refractivity (Wildman–Crippen MR) is 116 cm³/mol. The summed E-state index contributed by atoms with van der Waals surface area (Å²) in [6.45, 7) is 10.1. The van der Waals surface area contributed by atoms with E-state index in [1.807, 2.05) is 0 Å².